The van der Waals surface area contributed by atoms with Crippen LogP contribution in [-0.2, 0) is 7.05 Å². The number of nitrogens with zero attached hydrogens (tertiary/aromatic N) is 1. The lowest BCUT2D eigenvalue weighted by molar-refractivity contribution is 0.0900. The quantitative estimate of drug-likeness (QED) is 0.850. The summed E-state index contributed by atoms with van der Waals surface area (Å²) in [6.45, 7) is 2.04. The number of aromatic nitrogens is 1. The van der Waals surface area contributed by atoms with Crippen LogP contribution in [0.1, 0.15) is 24.5 Å². The molecule has 2 heterocycles. The fourth-order valence-electron chi connectivity index (χ4n) is 3.02. The molecule has 0 bridgehead atoms. The first-order valence-electron chi connectivity index (χ1n) is 6.70. The molecule has 3 nitrogen and oxygen atoms in total. The maximum atomic E-state index is 10.6. The zero-order chi connectivity index (χ0) is 12.5. The number of nitrogens with one attached hydrogen (secondary N) is 1. The van der Waals surface area contributed by atoms with Crippen LogP contribution < -0.4 is 5.32 Å². The van der Waals surface area contributed by atoms with Crippen LogP contribution in [0, 0.1) is 5.92 Å². The Morgan fingerprint density at radius 1 is 1.28 bits per heavy atom. The van der Waals surface area contributed by atoms with E-state index in [1.807, 2.05) is 19.2 Å². The lowest BCUT2D eigenvalue weighted by Gasteiger charge is -2.27. The van der Waals surface area contributed by atoms with Crippen LogP contribution in [0.4, 0.5) is 0 Å². The van der Waals surface area contributed by atoms with E-state index in [-0.39, 0.29) is 6.10 Å². The molecule has 96 valence electrons. The van der Waals surface area contributed by atoms with Gasteiger partial charge in [0.2, 0.25) is 0 Å². The molecule has 1 aromatic carbocycles. The van der Waals surface area contributed by atoms with Gasteiger partial charge in [-0.05, 0) is 37.9 Å². The minimum atomic E-state index is -0.335. The Labute approximate surface area is 107 Å². The summed E-state index contributed by atoms with van der Waals surface area (Å²) < 4.78 is 2.11. The largest absolute Gasteiger partial charge is 0.388 e. The molecular formula is C15H20N2O. The van der Waals surface area contributed by atoms with Crippen LogP contribution in [0.25, 0.3) is 10.9 Å². The van der Waals surface area contributed by atoms with Crippen molar-refractivity contribution in [1.82, 2.24) is 9.88 Å². The molecule has 1 atom stereocenters. The lowest BCUT2D eigenvalue weighted by atomic mass is 9.88. The number of aliphatic hydroxyl groups is 1. The van der Waals surface area contributed by atoms with Gasteiger partial charge in [0.25, 0.3) is 0 Å². The molecule has 3 heteroatoms. The molecular weight excluding hydrogens is 224 g/mol. The summed E-state index contributed by atoms with van der Waals surface area (Å²) in [5.41, 5.74) is 2.28. The smallest absolute Gasteiger partial charge is 0.0839 e. The van der Waals surface area contributed by atoms with Crippen molar-refractivity contribution in [3.8, 4) is 0 Å². The van der Waals surface area contributed by atoms with Gasteiger partial charge in [-0.3, -0.25) is 0 Å². The van der Waals surface area contributed by atoms with Crippen LogP contribution in [0.3, 0.4) is 0 Å². The van der Waals surface area contributed by atoms with Crippen LogP contribution in [0.5, 0.6) is 0 Å². The summed E-state index contributed by atoms with van der Waals surface area (Å²) in [5, 5.41) is 15.1. The lowest BCUT2D eigenvalue weighted by Crippen LogP contribution is -2.30. The third-order valence-electron chi connectivity index (χ3n) is 4.08. The van der Waals surface area contributed by atoms with Crippen LogP contribution in [-0.4, -0.2) is 22.8 Å². The highest BCUT2D eigenvalue weighted by molar-refractivity contribution is 5.84. The Morgan fingerprint density at radius 3 is 2.78 bits per heavy atom. The molecule has 1 aliphatic rings. The van der Waals surface area contributed by atoms with Gasteiger partial charge < -0.3 is 15.0 Å². The summed E-state index contributed by atoms with van der Waals surface area (Å²) in [4.78, 5) is 0. The van der Waals surface area contributed by atoms with Gasteiger partial charge in [-0.2, -0.15) is 0 Å². The second kappa shape index (κ2) is 4.75. The highest BCUT2D eigenvalue weighted by atomic mass is 16.3. The van der Waals surface area contributed by atoms with Crippen molar-refractivity contribution in [2.24, 2.45) is 13.0 Å². The van der Waals surface area contributed by atoms with Gasteiger partial charge >= 0.3 is 0 Å². The molecule has 0 radical (unpaired) electrons. The van der Waals surface area contributed by atoms with Gasteiger partial charge in [0, 0.05) is 29.7 Å². The second-order valence-corrected chi connectivity index (χ2v) is 5.24. The van der Waals surface area contributed by atoms with Gasteiger partial charge in [-0.15, -0.1) is 0 Å². The van der Waals surface area contributed by atoms with E-state index in [1.165, 1.54) is 10.9 Å². The summed E-state index contributed by atoms with van der Waals surface area (Å²) in [5.74, 6) is 0.386. The van der Waals surface area contributed by atoms with E-state index in [0.29, 0.717) is 5.92 Å². The number of hydrogen-bond donors (Lipinski definition) is 2. The summed E-state index contributed by atoms with van der Waals surface area (Å²) in [6, 6.07) is 8.30. The molecule has 1 unspecified atom stereocenters. The minimum Gasteiger partial charge on any atom is -0.388 e. The molecule has 18 heavy (non-hydrogen) atoms. The molecule has 1 aliphatic heterocycles. The Hall–Kier alpha value is -1.32. The number of hydrogen-bond acceptors (Lipinski definition) is 2. The van der Waals surface area contributed by atoms with Gasteiger partial charge in [-0.1, -0.05) is 18.2 Å². The third-order valence-corrected chi connectivity index (χ3v) is 4.08. The van der Waals surface area contributed by atoms with Crippen molar-refractivity contribution in [1.29, 1.82) is 0 Å². The molecule has 0 saturated carbocycles. The van der Waals surface area contributed by atoms with E-state index in [4.69, 9.17) is 0 Å². The van der Waals surface area contributed by atoms with Crippen LogP contribution in [0.15, 0.2) is 30.5 Å². The number of aryl methyl sites for hydroxylation is 1. The van der Waals surface area contributed by atoms with Crippen LogP contribution >= 0.6 is 0 Å². The summed E-state index contributed by atoms with van der Waals surface area (Å²) >= 11 is 0. The highest BCUT2D eigenvalue weighted by Crippen LogP contribution is 2.33. The Morgan fingerprint density at radius 2 is 2.00 bits per heavy atom. The zero-order valence-electron chi connectivity index (χ0n) is 10.8. The van der Waals surface area contributed by atoms with E-state index in [1.54, 1.807) is 0 Å². The number of fused-ring (bicyclic) bond motifs is 1. The Bertz CT molecular complexity index is 540. The molecule has 1 fully saturated rings. The molecule has 0 aliphatic carbocycles. The molecule has 1 aromatic heterocycles. The maximum absolute atomic E-state index is 10.6. The predicted molar refractivity (Wildman–Crippen MR) is 73.5 cm³/mol. The number of para-hydroxylation sites is 1. The third kappa shape index (κ3) is 1.93. The van der Waals surface area contributed by atoms with Crippen molar-refractivity contribution in [2.75, 3.05) is 13.1 Å². The zero-order valence-corrected chi connectivity index (χ0v) is 10.8. The predicted octanol–water partition coefficient (Wildman–Crippen LogP) is 2.21. The molecule has 2 aromatic rings. The number of rotatable bonds is 2. The molecule has 2 N–H and O–H groups in total. The van der Waals surface area contributed by atoms with Gasteiger partial charge in [0.1, 0.15) is 0 Å². The monoisotopic (exact) mass is 244 g/mol. The second-order valence-electron chi connectivity index (χ2n) is 5.24. The molecule has 0 spiro atoms. The molecule has 0 amide bonds. The fraction of sp³-hybridized carbons (Fsp3) is 0.467. The normalized spacial score (nSPS) is 19.2. The SMILES string of the molecule is Cn1cc(C(O)C2CCNCC2)c2ccccc21. The van der Waals surface area contributed by atoms with E-state index in [2.05, 4.69) is 28.2 Å². The fourth-order valence-corrected chi connectivity index (χ4v) is 3.02. The number of benzene rings is 1. The first-order valence-corrected chi connectivity index (χ1v) is 6.70. The van der Waals surface area contributed by atoms with E-state index in [0.717, 1.165) is 31.5 Å². The van der Waals surface area contributed by atoms with E-state index >= 15 is 0 Å². The van der Waals surface area contributed by atoms with Crippen molar-refractivity contribution in [3.05, 3.63) is 36.0 Å². The van der Waals surface area contributed by atoms with Crippen molar-refractivity contribution in [2.45, 2.75) is 18.9 Å². The average Bonchev–Trinajstić information content (AvgIpc) is 2.77. The Kier molecular flexibility index (Phi) is 3.10. The number of piperidine rings is 1. The minimum absolute atomic E-state index is 0.335. The highest BCUT2D eigenvalue weighted by Gasteiger charge is 2.25. The molecule has 1 saturated heterocycles. The topological polar surface area (TPSA) is 37.2 Å². The van der Waals surface area contributed by atoms with E-state index in [9.17, 15) is 5.11 Å². The first-order chi connectivity index (χ1) is 8.77. The number of aliphatic hydroxyl groups excluding tert-OH is 1. The summed E-state index contributed by atoms with van der Waals surface area (Å²) in [7, 11) is 2.04. The van der Waals surface area contributed by atoms with Crippen molar-refractivity contribution >= 4 is 10.9 Å². The first kappa shape index (κ1) is 11.8. The Balaban J connectivity index is 1.98. The van der Waals surface area contributed by atoms with Gasteiger partial charge in [0.05, 0.1) is 6.10 Å². The standard InChI is InChI=1S/C15H20N2O/c1-17-10-13(12-4-2-3-5-14(12)17)15(18)11-6-8-16-9-7-11/h2-5,10-11,15-16,18H,6-9H2,1H3. The molecule has 3 rings (SSSR count). The van der Waals surface area contributed by atoms with Crippen molar-refractivity contribution in [3.63, 3.8) is 0 Å². The van der Waals surface area contributed by atoms with Crippen molar-refractivity contribution < 1.29 is 5.11 Å². The van der Waals surface area contributed by atoms with Gasteiger partial charge in [0.15, 0.2) is 0 Å². The summed E-state index contributed by atoms with van der Waals surface area (Å²) in [6.07, 6.45) is 3.87. The van der Waals surface area contributed by atoms with Crippen LogP contribution in [0.2, 0.25) is 0 Å². The average molecular weight is 244 g/mol. The van der Waals surface area contributed by atoms with Gasteiger partial charge in [-0.25, -0.2) is 0 Å². The maximum Gasteiger partial charge on any atom is 0.0839 e. The van der Waals surface area contributed by atoms with E-state index < -0.39 is 0 Å².